The maximum atomic E-state index is 14.1. The number of nitrogens with zero attached hydrogens (tertiary/aromatic N) is 2. The van der Waals surface area contributed by atoms with Gasteiger partial charge in [0.2, 0.25) is 10.0 Å². The highest BCUT2D eigenvalue weighted by Gasteiger charge is 2.46. The van der Waals surface area contributed by atoms with Gasteiger partial charge < -0.3 is 4.98 Å². The van der Waals surface area contributed by atoms with Crippen LogP contribution >= 0.6 is 0 Å². The fourth-order valence-electron chi connectivity index (χ4n) is 4.02. The first-order valence-electron chi connectivity index (χ1n) is 8.34. The number of halogens is 2. The fourth-order valence-corrected chi connectivity index (χ4v) is 5.94. The summed E-state index contributed by atoms with van der Waals surface area (Å²) in [4.78, 5) is 18.7. The van der Waals surface area contributed by atoms with E-state index in [0.717, 1.165) is 12.1 Å². The monoisotopic (exact) mass is 381 g/mol. The summed E-state index contributed by atoms with van der Waals surface area (Å²) in [6.45, 7) is 1.67. The van der Waals surface area contributed by atoms with Gasteiger partial charge in [-0.05, 0) is 38.3 Å². The standard InChI is InChI=1S/C17H17F2N3O3S/c1-9-20-15-8-12-4-3-11(7-13(15)17(23)21-9)22(12)26(24,25)16-5-2-10(18)6-14(16)19/h2,5-6,11-12H,3-4,7-8H2,1H3,(H,20,21,23)/t11-,12+/m1/s1. The smallest absolute Gasteiger partial charge is 0.254 e. The zero-order valence-electron chi connectivity index (χ0n) is 14.0. The molecule has 0 unspecified atom stereocenters. The molecule has 2 bridgehead atoms. The Labute approximate surface area is 148 Å². The first-order chi connectivity index (χ1) is 12.3. The van der Waals surface area contributed by atoms with Gasteiger partial charge >= 0.3 is 0 Å². The third kappa shape index (κ3) is 2.66. The van der Waals surface area contributed by atoms with Crippen molar-refractivity contribution in [2.45, 2.75) is 49.6 Å². The van der Waals surface area contributed by atoms with Crippen molar-refractivity contribution in [2.24, 2.45) is 0 Å². The number of rotatable bonds is 2. The van der Waals surface area contributed by atoms with Gasteiger partial charge in [0.25, 0.3) is 5.56 Å². The molecular weight excluding hydrogens is 364 g/mol. The van der Waals surface area contributed by atoms with Gasteiger partial charge in [0.1, 0.15) is 22.4 Å². The summed E-state index contributed by atoms with van der Waals surface area (Å²) >= 11 is 0. The van der Waals surface area contributed by atoms with Crippen LogP contribution in [0.5, 0.6) is 0 Å². The van der Waals surface area contributed by atoms with Crippen molar-refractivity contribution in [3.8, 4) is 0 Å². The summed E-state index contributed by atoms with van der Waals surface area (Å²) in [6.07, 6.45) is 1.73. The van der Waals surface area contributed by atoms with Crippen LogP contribution in [0.25, 0.3) is 0 Å². The lowest BCUT2D eigenvalue weighted by Crippen LogP contribution is -2.42. The van der Waals surface area contributed by atoms with Gasteiger partial charge in [-0.1, -0.05) is 0 Å². The average Bonchev–Trinajstić information content (AvgIpc) is 2.84. The number of benzene rings is 1. The minimum absolute atomic E-state index is 0.233. The van der Waals surface area contributed by atoms with Crippen molar-refractivity contribution in [1.82, 2.24) is 14.3 Å². The van der Waals surface area contributed by atoms with Crippen LogP contribution in [0.2, 0.25) is 0 Å². The zero-order chi connectivity index (χ0) is 18.6. The number of hydrogen-bond acceptors (Lipinski definition) is 4. The highest BCUT2D eigenvalue weighted by atomic mass is 32.2. The Bertz CT molecular complexity index is 1050. The van der Waals surface area contributed by atoms with Crippen molar-refractivity contribution in [3.05, 3.63) is 57.3 Å². The van der Waals surface area contributed by atoms with Crippen molar-refractivity contribution in [2.75, 3.05) is 0 Å². The molecule has 138 valence electrons. The molecule has 4 rings (SSSR count). The van der Waals surface area contributed by atoms with Crippen LogP contribution in [0.3, 0.4) is 0 Å². The first kappa shape index (κ1) is 17.3. The highest BCUT2D eigenvalue weighted by molar-refractivity contribution is 7.89. The second-order valence-corrected chi connectivity index (χ2v) is 8.59. The fraction of sp³-hybridized carbons (Fsp3) is 0.412. The second-order valence-electron chi connectivity index (χ2n) is 6.78. The van der Waals surface area contributed by atoms with Gasteiger partial charge in [0.15, 0.2) is 0 Å². The predicted molar refractivity (Wildman–Crippen MR) is 89.2 cm³/mol. The summed E-state index contributed by atoms with van der Waals surface area (Å²) in [5.74, 6) is -1.47. The molecule has 1 N–H and O–H groups in total. The SMILES string of the molecule is Cc1nc2c(c(=O)[nH]1)C[C@H]1CC[C@@H](C2)N1S(=O)(=O)c1ccc(F)cc1F. The lowest BCUT2D eigenvalue weighted by Gasteiger charge is -2.27. The Kier molecular flexibility index (Phi) is 3.96. The molecule has 3 heterocycles. The van der Waals surface area contributed by atoms with E-state index in [1.54, 1.807) is 6.92 Å². The molecule has 2 aliphatic rings. The van der Waals surface area contributed by atoms with Crippen molar-refractivity contribution in [1.29, 1.82) is 0 Å². The summed E-state index contributed by atoms with van der Waals surface area (Å²) in [7, 11) is -4.16. The summed E-state index contributed by atoms with van der Waals surface area (Å²) in [5, 5.41) is 0. The molecule has 0 aliphatic carbocycles. The highest BCUT2D eigenvalue weighted by Crippen LogP contribution is 2.37. The maximum Gasteiger partial charge on any atom is 0.254 e. The van der Waals surface area contributed by atoms with E-state index in [4.69, 9.17) is 0 Å². The van der Waals surface area contributed by atoms with E-state index in [1.807, 2.05) is 0 Å². The van der Waals surface area contributed by atoms with E-state index in [9.17, 15) is 22.0 Å². The number of sulfonamides is 1. The number of aryl methyl sites for hydroxylation is 1. The largest absolute Gasteiger partial charge is 0.311 e. The van der Waals surface area contributed by atoms with Crippen LogP contribution in [0.1, 0.15) is 29.9 Å². The molecule has 0 amide bonds. The minimum Gasteiger partial charge on any atom is -0.311 e. The molecule has 0 spiro atoms. The zero-order valence-corrected chi connectivity index (χ0v) is 14.8. The van der Waals surface area contributed by atoms with Crippen molar-refractivity contribution < 1.29 is 17.2 Å². The predicted octanol–water partition coefficient (Wildman–Crippen LogP) is 1.68. The van der Waals surface area contributed by atoms with Crippen LogP contribution < -0.4 is 5.56 Å². The molecule has 2 aliphatic heterocycles. The van der Waals surface area contributed by atoms with Crippen LogP contribution in [-0.2, 0) is 22.9 Å². The van der Waals surface area contributed by atoms with Crippen LogP contribution in [0, 0.1) is 18.6 Å². The number of aromatic amines is 1. The second kappa shape index (κ2) is 5.95. The summed E-state index contributed by atoms with van der Waals surface area (Å²) < 4.78 is 54.8. The van der Waals surface area contributed by atoms with Crippen LogP contribution in [0.4, 0.5) is 8.78 Å². The van der Waals surface area contributed by atoms with Gasteiger partial charge in [-0.2, -0.15) is 4.31 Å². The van der Waals surface area contributed by atoms with Crippen molar-refractivity contribution >= 4 is 10.0 Å². The molecule has 9 heteroatoms. The Morgan fingerprint density at radius 3 is 2.58 bits per heavy atom. The minimum atomic E-state index is -4.16. The Morgan fingerprint density at radius 2 is 1.88 bits per heavy atom. The third-order valence-electron chi connectivity index (χ3n) is 5.09. The maximum absolute atomic E-state index is 14.1. The summed E-state index contributed by atoms with van der Waals surface area (Å²) in [6, 6.07) is 1.61. The number of aromatic nitrogens is 2. The number of hydrogen-bond donors (Lipinski definition) is 1. The molecule has 0 radical (unpaired) electrons. The Balaban J connectivity index is 1.79. The quantitative estimate of drug-likeness (QED) is 0.858. The van der Waals surface area contributed by atoms with E-state index in [-0.39, 0.29) is 12.0 Å². The molecule has 6 nitrogen and oxygen atoms in total. The van der Waals surface area contributed by atoms with E-state index in [1.165, 1.54) is 4.31 Å². The van der Waals surface area contributed by atoms with E-state index < -0.39 is 38.6 Å². The molecule has 1 fully saturated rings. The molecule has 2 aromatic rings. The molecule has 1 saturated heterocycles. The molecule has 0 saturated carbocycles. The number of fused-ring (bicyclic) bond motifs is 3. The average molecular weight is 381 g/mol. The number of nitrogens with one attached hydrogen (secondary N) is 1. The molecular formula is C17H17F2N3O3S. The third-order valence-corrected chi connectivity index (χ3v) is 7.13. The van der Waals surface area contributed by atoms with Gasteiger partial charge in [-0.25, -0.2) is 22.2 Å². The van der Waals surface area contributed by atoms with Crippen LogP contribution in [0.15, 0.2) is 27.9 Å². The topological polar surface area (TPSA) is 83.1 Å². The molecule has 2 atom stereocenters. The lowest BCUT2D eigenvalue weighted by molar-refractivity contribution is 0.325. The Morgan fingerprint density at radius 1 is 1.19 bits per heavy atom. The van der Waals surface area contributed by atoms with Gasteiger partial charge in [-0.3, -0.25) is 4.79 Å². The number of H-pyrrole nitrogens is 1. The molecule has 1 aromatic heterocycles. The van der Waals surface area contributed by atoms with Crippen LogP contribution in [-0.4, -0.2) is 34.8 Å². The normalized spacial score (nSPS) is 22.9. The van der Waals surface area contributed by atoms with Gasteiger partial charge in [-0.15, -0.1) is 0 Å². The lowest BCUT2D eigenvalue weighted by atomic mass is 9.98. The van der Waals surface area contributed by atoms with Gasteiger partial charge in [0.05, 0.1) is 5.69 Å². The molecule has 1 aromatic carbocycles. The van der Waals surface area contributed by atoms with E-state index in [0.29, 0.717) is 42.4 Å². The van der Waals surface area contributed by atoms with E-state index in [2.05, 4.69) is 9.97 Å². The van der Waals surface area contributed by atoms with E-state index >= 15 is 0 Å². The van der Waals surface area contributed by atoms with Crippen molar-refractivity contribution in [3.63, 3.8) is 0 Å². The Hall–Kier alpha value is -2.13. The summed E-state index contributed by atoms with van der Waals surface area (Å²) in [5.41, 5.74) is 0.825. The van der Waals surface area contributed by atoms with Gasteiger partial charge in [0, 0.05) is 30.1 Å². The first-order valence-corrected chi connectivity index (χ1v) is 9.78. The molecule has 26 heavy (non-hydrogen) atoms.